The summed E-state index contributed by atoms with van der Waals surface area (Å²) in [7, 11) is 0. The van der Waals surface area contributed by atoms with Gasteiger partial charge in [0.05, 0.1) is 5.69 Å². The minimum atomic E-state index is -0.0334. The van der Waals surface area contributed by atoms with Crippen LogP contribution in [0.1, 0.15) is 41.0 Å². The summed E-state index contributed by atoms with van der Waals surface area (Å²) < 4.78 is 5.06. The van der Waals surface area contributed by atoms with E-state index in [9.17, 15) is 4.79 Å². The topological polar surface area (TPSA) is 87.9 Å². The van der Waals surface area contributed by atoms with Crippen molar-refractivity contribution < 1.29 is 9.32 Å². The van der Waals surface area contributed by atoms with E-state index in [4.69, 9.17) is 4.52 Å². The van der Waals surface area contributed by atoms with Gasteiger partial charge in [0, 0.05) is 36.9 Å². The molecule has 1 aliphatic heterocycles. The van der Waals surface area contributed by atoms with Gasteiger partial charge in [0.25, 0.3) is 5.91 Å². The highest BCUT2D eigenvalue weighted by atomic mass is 32.1. The van der Waals surface area contributed by atoms with Gasteiger partial charge < -0.3 is 9.42 Å². The first-order valence-corrected chi connectivity index (χ1v) is 8.82. The van der Waals surface area contributed by atoms with Crippen LogP contribution in [0.5, 0.6) is 0 Å². The van der Waals surface area contributed by atoms with Gasteiger partial charge >= 0.3 is 0 Å². The average molecular weight is 343 g/mol. The van der Waals surface area contributed by atoms with E-state index >= 15 is 0 Å². The quantitative estimate of drug-likeness (QED) is 0.790. The van der Waals surface area contributed by atoms with Gasteiger partial charge in [-0.3, -0.25) is 9.89 Å². The van der Waals surface area contributed by atoms with Crippen molar-refractivity contribution in [1.82, 2.24) is 25.2 Å². The molecule has 1 fully saturated rings. The fourth-order valence-electron chi connectivity index (χ4n) is 3.01. The molecule has 0 saturated carbocycles. The summed E-state index contributed by atoms with van der Waals surface area (Å²) in [5.41, 5.74) is 2.33. The van der Waals surface area contributed by atoms with Gasteiger partial charge in [0.1, 0.15) is 5.69 Å². The van der Waals surface area contributed by atoms with Gasteiger partial charge in [-0.15, -0.1) is 0 Å². The number of amides is 1. The third-order valence-corrected chi connectivity index (χ3v) is 4.93. The van der Waals surface area contributed by atoms with Crippen LogP contribution in [0, 0.1) is 6.92 Å². The summed E-state index contributed by atoms with van der Waals surface area (Å²) in [6, 6.07) is 3.80. The number of aromatic amines is 1. The van der Waals surface area contributed by atoms with Crippen LogP contribution < -0.4 is 0 Å². The van der Waals surface area contributed by atoms with E-state index in [0.29, 0.717) is 24.0 Å². The Balaban J connectivity index is 1.50. The molecule has 124 valence electrons. The van der Waals surface area contributed by atoms with Crippen molar-refractivity contribution in [1.29, 1.82) is 0 Å². The van der Waals surface area contributed by atoms with Crippen molar-refractivity contribution in [3.63, 3.8) is 0 Å². The third kappa shape index (κ3) is 2.84. The van der Waals surface area contributed by atoms with Gasteiger partial charge in [-0.1, -0.05) is 5.16 Å². The van der Waals surface area contributed by atoms with Crippen molar-refractivity contribution in [3.05, 3.63) is 40.3 Å². The first-order valence-electron chi connectivity index (χ1n) is 7.88. The highest BCUT2D eigenvalue weighted by Crippen LogP contribution is 2.26. The molecule has 8 heteroatoms. The SMILES string of the molecule is Cc1nc(C2CCCN(C(=O)c3cc(-c4ccsc4)n[nH]3)C2)no1. The van der Waals surface area contributed by atoms with Gasteiger partial charge in [-0.2, -0.15) is 21.4 Å². The predicted octanol–water partition coefficient (Wildman–Crippen LogP) is 2.85. The maximum absolute atomic E-state index is 12.8. The number of H-pyrrole nitrogens is 1. The lowest BCUT2D eigenvalue weighted by Crippen LogP contribution is -2.39. The summed E-state index contributed by atoms with van der Waals surface area (Å²) in [4.78, 5) is 18.9. The standard InChI is InChI=1S/C16H17N5O2S/c1-10-17-15(20-23-10)11-3-2-5-21(8-11)16(22)14-7-13(18-19-14)12-4-6-24-9-12/h4,6-7,9,11H,2-3,5,8H2,1H3,(H,18,19). The van der Waals surface area contributed by atoms with Crippen LogP contribution in [-0.2, 0) is 0 Å². The lowest BCUT2D eigenvalue weighted by Gasteiger charge is -2.30. The Morgan fingerprint density at radius 3 is 3.17 bits per heavy atom. The Kier molecular flexibility index (Phi) is 3.89. The summed E-state index contributed by atoms with van der Waals surface area (Å²) in [5.74, 6) is 1.34. The summed E-state index contributed by atoms with van der Waals surface area (Å²) >= 11 is 1.61. The average Bonchev–Trinajstić information content (AvgIpc) is 3.34. The number of likely N-dealkylation sites (tertiary alicyclic amines) is 1. The van der Waals surface area contributed by atoms with E-state index in [0.717, 1.165) is 30.6 Å². The Morgan fingerprint density at radius 2 is 2.42 bits per heavy atom. The molecule has 1 amide bonds. The van der Waals surface area contributed by atoms with E-state index in [1.807, 2.05) is 27.8 Å². The number of hydrogen-bond acceptors (Lipinski definition) is 6. The Morgan fingerprint density at radius 1 is 1.50 bits per heavy atom. The first-order chi connectivity index (χ1) is 11.7. The van der Waals surface area contributed by atoms with Crippen LogP contribution in [0.15, 0.2) is 27.4 Å². The molecule has 0 aromatic carbocycles. The fraction of sp³-hybridized carbons (Fsp3) is 0.375. The number of aryl methyl sites for hydroxylation is 1. The van der Waals surface area contributed by atoms with Crippen LogP contribution in [0.3, 0.4) is 0 Å². The summed E-state index contributed by atoms with van der Waals surface area (Å²) in [5, 5.41) is 15.1. The number of hydrogen-bond donors (Lipinski definition) is 1. The van der Waals surface area contributed by atoms with E-state index < -0.39 is 0 Å². The number of aromatic nitrogens is 4. The number of nitrogens with zero attached hydrogens (tertiary/aromatic N) is 4. The van der Waals surface area contributed by atoms with Gasteiger partial charge in [-0.25, -0.2) is 0 Å². The maximum atomic E-state index is 12.8. The lowest BCUT2D eigenvalue weighted by atomic mass is 9.97. The van der Waals surface area contributed by atoms with Crippen LogP contribution in [-0.4, -0.2) is 44.2 Å². The van der Waals surface area contributed by atoms with Crippen LogP contribution in [0.2, 0.25) is 0 Å². The summed E-state index contributed by atoms with van der Waals surface area (Å²) in [6.07, 6.45) is 1.89. The van der Waals surface area contributed by atoms with Crippen molar-refractivity contribution in [2.75, 3.05) is 13.1 Å². The van der Waals surface area contributed by atoms with Gasteiger partial charge in [0.2, 0.25) is 5.89 Å². The monoisotopic (exact) mass is 343 g/mol. The lowest BCUT2D eigenvalue weighted by molar-refractivity contribution is 0.0697. The number of carbonyl (C=O) groups is 1. The molecular weight excluding hydrogens is 326 g/mol. The third-order valence-electron chi connectivity index (χ3n) is 4.24. The highest BCUT2D eigenvalue weighted by Gasteiger charge is 2.29. The van der Waals surface area contributed by atoms with Gasteiger partial charge in [-0.05, 0) is 30.4 Å². The molecule has 4 rings (SSSR count). The molecule has 4 heterocycles. The van der Waals surface area contributed by atoms with Crippen LogP contribution in [0.4, 0.5) is 0 Å². The molecule has 24 heavy (non-hydrogen) atoms. The minimum Gasteiger partial charge on any atom is -0.340 e. The predicted molar refractivity (Wildman–Crippen MR) is 88.8 cm³/mol. The van der Waals surface area contributed by atoms with E-state index in [1.54, 1.807) is 18.3 Å². The van der Waals surface area contributed by atoms with Gasteiger partial charge in [0.15, 0.2) is 5.82 Å². The van der Waals surface area contributed by atoms with E-state index in [1.165, 1.54) is 0 Å². The van der Waals surface area contributed by atoms with Crippen molar-refractivity contribution >= 4 is 17.2 Å². The molecule has 0 aliphatic carbocycles. The second-order valence-electron chi connectivity index (χ2n) is 5.94. The van der Waals surface area contributed by atoms with E-state index in [2.05, 4.69) is 20.3 Å². The number of thiophene rings is 1. The fourth-order valence-corrected chi connectivity index (χ4v) is 3.66. The molecular formula is C16H17N5O2S. The van der Waals surface area contributed by atoms with E-state index in [-0.39, 0.29) is 11.8 Å². The molecule has 1 saturated heterocycles. The zero-order valence-corrected chi connectivity index (χ0v) is 14.0. The number of piperidine rings is 1. The molecule has 1 N–H and O–H groups in total. The number of nitrogens with one attached hydrogen (secondary N) is 1. The molecule has 0 spiro atoms. The van der Waals surface area contributed by atoms with Crippen molar-refractivity contribution in [3.8, 4) is 11.3 Å². The smallest absolute Gasteiger partial charge is 0.271 e. The normalized spacial score (nSPS) is 18.0. The number of rotatable bonds is 3. The summed E-state index contributed by atoms with van der Waals surface area (Å²) in [6.45, 7) is 3.11. The molecule has 0 radical (unpaired) electrons. The largest absolute Gasteiger partial charge is 0.340 e. The maximum Gasteiger partial charge on any atom is 0.271 e. The van der Waals surface area contributed by atoms with Crippen LogP contribution in [0.25, 0.3) is 11.3 Å². The Bertz CT molecular complexity index is 838. The molecule has 1 aliphatic rings. The molecule has 0 bridgehead atoms. The molecule has 1 unspecified atom stereocenters. The van der Waals surface area contributed by atoms with Crippen molar-refractivity contribution in [2.24, 2.45) is 0 Å². The molecule has 7 nitrogen and oxygen atoms in total. The number of carbonyl (C=O) groups excluding carboxylic acids is 1. The highest BCUT2D eigenvalue weighted by molar-refractivity contribution is 7.08. The molecule has 3 aromatic rings. The molecule has 1 atom stereocenters. The second-order valence-corrected chi connectivity index (χ2v) is 6.72. The zero-order valence-electron chi connectivity index (χ0n) is 13.2. The Labute approximate surface area is 142 Å². The minimum absolute atomic E-state index is 0.0334. The van der Waals surface area contributed by atoms with Crippen molar-refractivity contribution in [2.45, 2.75) is 25.7 Å². The molecule has 3 aromatic heterocycles. The van der Waals surface area contributed by atoms with Crippen LogP contribution >= 0.6 is 11.3 Å². The zero-order chi connectivity index (χ0) is 16.5. The second kappa shape index (κ2) is 6.20. The Hall–Kier alpha value is -2.48. The first kappa shape index (κ1) is 15.1.